The molecule has 0 fully saturated rings. The van der Waals surface area contributed by atoms with Crippen LogP contribution in [0.5, 0.6) is 0 Å². The van der Waals surface area contributed by atoms with Crippen LogP contribution in [0.25, 0.3) is 11.1 Å². The van der Waals surface area contributed by atoms with E-state index in [0.717, 1.165) is 0 Å². The van der Waals surface area contributed by atoms with Gasteiger partial charge in [0.2, 0.25) is 0 Å². The van der Waals surface area contributed by atoms with E-state index in [1.54, 1.807) is 25.5 Å². The minimum Gasteiger partial charge on any atom is -1.00 e. The van der Waals surface area contributed by atoms with Crippen LogP contribution in [0.2, 0.25) is 0 Å². The maximum atomic E-state index is 2.64. The Balaban J connectivity index is 0.00000260. The average Bonchev–Trinajstić information content (AvgIpc) is 3.57. The minimum absolute atomic E-state index is 0. The zero-order valence-corrected chi connectivity index (χ0v) is 34.2. The molecular formula is C45H52Cl2Zr. The van der Waals surface area contributed by atoms with Gasteiger partial charge in [-0.15, -0.1) is 0 Å². The molecule has 0 saturated carbocycles. The zero-order chi connectivity index (χ0) is 32.6. The van der Waals surface area contributed by atoms with Crippen molar-refractivity contribution < 1.29 is 46.1 Å². The molecule has 0 N–H and O–H groups in total. The van der Waals surface area contributed by atoms with Crippen molar-refractivity contribution in [3.05, 3.63) is 151 Å². The fraction of sp³-hybridized carbons (Fsp3) is 0.356. The Morgan fingerprint density at radius 2 is 1.08 bits per heavy atom. The molecule has 0 amide bonds. The number of rotatable bonds is 8. The van der Waals surface area contributed by atoms with Gasteiger partial charge in [0.05, 0.1) is 0 Å². The SMILES string of the molecule is CCCC1=CC(CCC)=[C]([Zr+2](=[C](c2ccccc2)c2ccccc2)[CH]2c3cc(C(C)(C)C)ccc3-c3ccc(C(C)(C)C)cc32)C1.[Cl-].[Cl-]. The quantitative estimate of drug-likeness (QED) is 0.195. The molecule has 4 aromatic carbocycles. The van der Waals surface area contributed by atoms with Crippen molar-refractivity contribution in [2.45, 2.75) is 102 Å². The van der Waals surface area contributed by atoms with Crippen molar-refractivity contribution >= 4 is 3.21 Å². The second-order valence-electron chi connectivity index (χ2n) is 15.5. The number of fused-ring (bicyclic) bond motifs is 3. The van der Waals surface area contributed by atoms with Gasteiger partial charge in [-0.3, -0.25) is 0 Å². The Labute approximate surface area is 311 Å². The molecule has 0 aromatic heterocycles. The van der Waals surface area contributed by atoms with Crippen molar-refractivity contribution in [3.63, 3.8) is 0 Å². The molecular weight excluding hydrogens is 703 g/mol. The van der Waals surface area contributed by atoms with E-state index < -0.39 is 21.3 Å². The molecule has 2 aliphatic rings. The average molecular weight is 755 g/mol. The van der Waals surface area contributed by atoms with Gasteiger partial charge in [-0.05, 0) is 0 Å². The molecule has 3 heteroatoms. The van der Waals surface area contributed by atoms with Crippen LogP contribution in [0.15, 0.2) is 118 Å². The van der Waals surface area contributed by atoms with Gasteiger partial charge < -0.3 is 24.8 Å². The number of hydrogen-bond acceptors (Lipinski definition) is 0. The van der Waals surface area contributed by atoms with Crippen LogP contribution in [0.3, 0.4) is 0 Å². The molecule has 0 aliphatic heterocycles. The predicted molar refractivity (Wildman–Crippen MR) is 197 cm³/mol. The van der Waals surface area contributed by atoms with Crippen LogP contribution in [0.1, 0.15) is 125 Å². The van der Waals surface area contributed by atoms with Crippen LogP contribution < -0.4 is 24.8 Å². The van der Waals surface area contributed by atoms with Gasteiger partial charge in [0.25, 0.3) is 0 Å². The number of halogens is 2. The molecule has 48 heavy (non-hydrogen) atoms. The summed E-state index contributed by atoms with van der Waals surface area (Å²) in [5, 5.41) is 0. The fourth-order valence-electron chi connectivity index (χ4n) is 7.63. The van der Waals surface area contributed by atoms with Gasteiger partial charge in [-0.25, -0.2) is 0 Å². The summed E-state index contributed by atoms with van der Waals surface area (Å²) in [6.45, 7) is 18.9. The monoisotopic (exact) mass is 752 g/mol. The Morgan fingerprint density at radius 1 is 0.625 bits per heavy atom. The molecule has 4 aromatic rings. The Bertz CT molecular complexity index is 1720. The number of hydrogen-bond donors (Lipinski definition) is 0. The van der Waals surface area contributed by atoms with E-state index in [4.69, 9.17) is 0 Å². The fourth-order valence-corrected chi connectivity index (χ4v) is 17.3. The van der Waals surface area contributed by atoms with Crippen molar-refractivity contribution in [1.82, 2.24) is 0 Å². The van der Waals surface area contributed by atoms with Crippen LogP contribution in [0.4, 0.5) is 0 Å². The first-order valence-electron chi connectivity index (χ1n) is 17.6. The maximum Gasteiger partial charge on any atom is -1.00 e. The Kier molecular flexibility index (Phi) is 12.6. The molecule has 0 heterocycles. The number of benzene rings is 4. The summed E-state index contributed by atoms with van der Waals surface area (Å²) >= 11 is -2.83. The summed E-state index contributed by atoms with van der Waals surface area (Å²) in [7, 11) is 0. The summed E-state index contributed by atoms with van der Waals surface area (Å²) in [5.74, 6) is 0. The van der Waals surface area contributed by atoms with E-state index in [1.807, 2.05) is 3.28 Å². The van der Waals surface area contributed by atoms with E-state index in [9.17, 15) is 0 Å². The third-order valence-corrected chi connectivity index (χ3v) is 18.5. The van der Waals surface area contributed by atoms with Crippen molar-refractivity contribution in [2.75, 3.05) is 0 Å². The van der Waals surface area contributed by atoms with Crippen LogP contribution in [-0.2, 0) is 32.1 Å². The largest absolute Gasteiger partial charge is 1.00 e. The summed E-state index contributed by atoms with van der Waals surface area (Å²) in [4.78, 5) is 0. The molecule has 0 saturated heterocycles. The molecule has 250 valence electrons. The van der Waals surface area contributed by atoms with E-state index in [0.29, 0.717) is 3.63 Å². The first-order valence-corrected chi connectivity index (χ1v) is 21.4. The Hall–Kier alpha value is -2.31. The normalized spacial score (nSPS) is 13.9. The molecule has 0 unspecified atom stereocenters. The molecule has 6 rings (SSSR count). The number of allylic oxidation sites excluding steroid dienone is 4. The maximum absolute atomic E-state index is 2.83. The first-order chi connectivity index (χ1) is 22.0. The molecule has 0 nitrogen and oxygen atoms in total. The summed E-state index contributed by atoms with van der Waals surface area (Å²) in [5.41, 5.74) is 15.3. The van der Waals surface area contributed by atoms with Crippen molar-refractivity contribution in [3.8, 4) is 11.1 Å². The van der Waals surface area contributed by atoms with Gasteiger partial charge in [-0.1, -0.05) is 0 Å². The van der Waals surface area contributed by atoms with Gasteiger partial charge in [0.1, 0.15) is 0 Å². The van der Waals surface area contributed by atoms with E-state index in [1.165, 1.54) is 65.5 Å². The third kappa shape index (κ3) is 7.70. The van der Waals surface area contributed by atoms with Crippen molar-refractivity contribution in [1.29, 1.82) is 0 Å². The second kappa shape index (κ2) is 15.7. The smallest absolute Gasteiger partial charge is 1.00 e. The van der Waals surface area contributed by atoms with Gasteiger partial charge in [0.15, 0.2) is 0 Å². The van der Waals surface area contributed by atoms with Gasteiger partial charge in [-0.2, -0.15) is 0 Å². The zero-order valence-electron chi connectivity index (χ0n) is 30.2. The molecule has 0 spiro atoms. The first kappa shape index (κ1) is 38.5. The molecule has 0 radical (unpaired) electrons. The molecule has 0 bridgehead atoms. The van der Waals surface area contributed by atoms with E-state index >= 15 is 0 Å². The summed E-state index contributed by atoms with van der Waals surface area (Å²) < 4.78 is 3.91. The standard InChI is InChI=1S/C21H25.C13H10.C11H17.2ClH.Zr/c1-20(2,3)16-7-9-18-14(12-16)11-15-13-17(21(4,5)6)8-10-19(15)18;1-3-7-12(8-4-1)11-13-9-5-2-6-10-13;1-3-5-10-7-8-11(9-10)6-4-2;;;/h7-13H,1-6H3;1-10H;9H,3-7H2,1-2H3;2*1H;/q;;;;;+2/p-2. The topological polar surface area (TPSA) is 0 Å². The van der Waals surface area contributed by atoms with Gasteiger partial charge in [0, 0.05) is 0 Å². The van der Waals surface area contributed by atoms with Crippen LogP contribution in [-0.4, -0.2) is 3.21 Å². The second-order valence-corrected chi connectivity index (χ2v) is 21.7. The summed E-state index contributed by atoms with van der Waals surface area (Å²) in [6.07, 6.45) is 8.60. The van der Waals surface area contributed by atoms with Crippen LogP contribution in [0, 0.1) is 0 Å². The van der Waals surface area contributed by atoms with Gasteiger partial charge >= 0.3 is 288 Å². The third-order valence-electron chi connectivity index (χ3n) is 10.0. The summed E-state index contributed by atoms with van der Waals surface area (Å²) in [6, 6.07) is 37.9. The molecule has 2 aliphatic carbocycles. The van der Waals surface area contributed by atoms with Crippen molar-refractivity contribution in [2.24, 2.45) is 0 Å². The van der Waals surface area contributed by atoms with E-state index in [2.05, 4.69) is 159 Å². The predicted octanol–water partition coefficient (Wildman–Crippen LogP) is 6.43. The van der Waals surface area contributed by atoms with Crippen LogP contribution >= 0.6 is 0 Å². The van der Waals surface area contributed by atoms with E-state index in [-0.39, 0.29) is 35.6 Å². The molecule has 0 atom stereocenters. The minimum atomic E-state index is -2.83. The Morgan fingerprint density at radius 3 is 1.50 bits per heavy atom.